The maximum Gasteiger partial charge on any atom is 0.200 e. The number of piperidine rings is 1. The highest BCUT2D eigenvalue weighted by Gasteiger charge is 2.22. The monoisotopic (exact) mass is 393 g/mol. The number of likely N-dealkylation sites (tertiary alicyclic amines) is 1. The predicted molar refractivity (Wildman–Crippen MR) is 115 cm³/mol. The van der Waals surface area contributed by atoms with Gasteiger partial charge < -0.3 is 14.3 Å². The second-order valence-corrected chi connectivity index (χ2v) is 8.01. The number of methoxy groups -OCH3 is 1. The standard InChI is InChI=1S/C24H27NO4/c1-15-5-4-12-25(13-15)14-20-21(26)11-10-19-23(27)22(16(2)29-24(19)20)17-6-8-18(28-3)9-7-17/h6-11,15,26H,4-5,12-14H2,1-3H3/t15-/m1/s1. The van der Waals surface area contributed by atoms with Gasteiger partial charge in [-0.3, -0.25) is 9.69 Å². The van der Waals surface area contributed by atoms with Crippen LogP contribution in [0.4, 0.5) is 0 Å². The van der Waals surface area contributed by atoms with Crippen LogP contribution in [0.3, 0.4) is 0 Å². The van der Waals surface area contributed by atoms with Gasteiger partial charge in [-0.05, 0) is 62.1 Å². The number of hydrogen-bond donors (Lipinski definition) is 1. The van der Waals surface area contributed by atoms with Crippen LogP contribution in [0, 0.1) is 12.8 Å². The average molecular weight is 393 g/mol. The van der Waals surface area contributed by atoms with Gasteiger partial charge in [0.15, 0.2) is 0 Å². The summed E-state index contributed by atoms with van der Waals surface area (Å²) >= 11 is 0. The number of aryl methyl sites for hydroxylation is 1. The molecule has 1 N–H and O–H groups in total. The Labute approximate surface area is 170 Å². The summed E-state index contributed by atoms with van der Waals surface area (Å²) in [7, 11) is 1.61. The van der Waals surface area contributed by atoms with Crippen molar-refractivity contribution in [1.29, 1.82) is 0 Å². The lowest BCUT2D eigenvalue weighted by atomic mass is 9.98. The van der Waals surface area contributed by atoms with Crippen LogP contribution in [-0.4, -0.2) is 30.2 Å². The number of nitrogens with zero attached hydrogens (tertiary/aromatic N) is 1. The fraction of sp³-hybridized carbons (Fsp3) is 0.375. The molecule has 5 nitrogen and oxygen atoms in total. The van der Waals surface area contributed by atoms with E-state index in [1.165, 1.54) is 6.42 Å². The minimum atomic E-state index is -0.0813. The molecular formula is C24H27NO4. The molecule has 5 heteroatoms. The molecule has 1 fully saturated rings. The Hall–Kier alpha value is -2.79. The third-order valence-electron chi connectivity index (χ3n) is 5.82. The lowest BCUT2D eigenvalue weighted by Gasteiger charge is -2.31. The maximum atomic E-state index is 13.3. The van der Waals surface area contributed by atoms with Crippen molar-refractivity contribution in [3.63, 3.8) is 0 Å². The molecule has 0 amide bonds. The number of phenols is 1. The minimum absolute atomic E-state index is 0.0813. The second-order valence-electron chi connectivity index (χ2n) is 8.01. The molecule has 1 aliphatic rings. The van der Waals surface area contributed by atoms with Gasteiger partial charge in [0.2, 0.25) is 5.43 Å². The molecule has 29 heavy (non-hydrogen) atoms. The van der Waals surface area contributed by atoms with Gasteiger partial charge in [-0.25, -0.2) is 0 Å². The number of rotatable bonds is 4. The summed E-state index contributed by atoms with van der Waals surface area (Å²) in [5.74, 6) is 2.10. The maximum absolute atomic E-state index is 13.3. The first-order valence-corrected chi connectivity index (χ1v) is 10.1. The number of hydrogen-bond acceptors (Lipinski definition) is 5. The number of fused-ring (bicyclic) bond motifs is 1. The first kappa shape index (κ1) is 19.5. The summed E-state index contributed by atoms with van der Waals surface area (Å²) in [4.78, 5) is 15.7. The van der Waals surface area contributed by atoms with Crippen LogP contribution in [0.1, 0.15) is 31.1 Å². The molecule has 1 aromatic heterocycles. The van der Waals surface area contributed by atoms with E-state index >= 15 is 0 Å². The van der Waals surface area contributed by atoms with E-state index in [0.29, 0.717) is 40.3 Å². The second kappa shape index (κ2) is 7.91. The highest BCUT2D eigenvalue weighted by Crippen LogP contribution is 2.32. The van der Waals surface area contributed by atoms with Crippen molar-refractivity contribution >= 4 is 11.0 Å². The third-order valence-corrected chi connectivity index (χ3v) is 5.82. The molecular weight excluding hydrogens is 366 g/mol. The van der Waals surface area contributed by atoms with E-state index in [1.54, 1.807) is 26.2 Å². The Balaban J connectivity index is 1.81. The molecule has 152 valence electrons. The van der Waals surface area contributed by atoms with Crippen molar-refractivity contribution < 1.29 is 14.3 Å². The smallest absolute Gasteiger partial charge is 0.200 e. The fourth-order valence-electron chi connectivity index (χ4n) is 4.31. The van der Waals surface area contributed by atoms with E-state index in [-0.39, 0.29) is 11.2 Å². The van der Waals surface area contributed by atoms with Crippen molar-refractivity contribution in [2.75, 3.05) is 20.2 Å². The molecule has 2 heterocycles. The van der Waals surface area contributed by atoms with Crippen LogP contribution in [0.5, 0.6) is 11.5 Å². The average Bonchev–Trinajstić information content (AvgIpc) is 2.71. The topological polar surface area (TPSA) is 62.9 Å². The Kier molecular flexibility index (Phi) is 5.33. The Bertz CT molecular complexity index is 1080. The Morgan fingerprint density at radius 2 is 1.97 bits per heavy atom. The molecule has 1 aliphatic heterocycles. The van der Waals surface area contributed by atoms with E-state index in [2.05, 4.69) is 11.8 Å². The zero-order valence-electron chi connectivity index (χ0n) is 17.2. The zero-order chi connectivity index (χ0) is 20.5. The van der Waals surface area contributed by atoms with Crippen LogP contribution >= 0.6 is 0 Å². The zero-order valence-corrected chi connectivity index (χ0v) is 17.2. The first-order valence-electron chi connectivity index (χ1n) is 10.1. The van der Waals surface area contributed by atoms with Crippen molar-refractivity contribution in [1.82, 2.24) is 4.90 Å². The van der Waals surface area contributed by atoms with Gasteiger partial charge in [-0.1, -0.05) is 19.1 Å². The Morgan fingerprint density at radius 1 is 1.21 bits per heavy atom. The normalized spacial score (nSPS) is 17.6. The summed E-state index contributed by atoms with van der Waals surface area (Å²) in [6.45, 7) is 6.62. The lowest BCUT2D eigenvalue weighted by molar-refractivity contribution is 0.175. The largest absolute Gasteiger partial charge is 0.507 e. The molecule has 1 atom stereocenters. The number of aromatic hydroxyl groups is 1. The van der Waals surface area contributed by atoms with Gasteiger partial charge >= 0.3 is 0 Å². The van der Waals surface area contributed by atoms with Crippen LogP contribution in [0.25, 0.3) is 22.1 Å². The molecule has 0 aliphatic carbocycles. The molecule has 3 aromatic rings. The van der Waals surface area contributed by atoms with E-state index in [1.807, 2.05) is 24.3 Å². The van der Waals surface area contributed by atoms with E-state index < -0.39 is 0 Å². The van der Waals surface area contributed by atoms with Gasteiger partial charge in [-0.15, -0.1) is 0 Å². The molecule has 1 saturated heterocycles. The van der Waals surface area contributed by atoms with Gasteiger partial charge in [0.1, 0.15) is 22.8 Å². The number of benzene rings is 2. The summed E-state index contributed by atoms with van der Waals surface area (Å²) in [6.07, 6.45) is 2.38. The summed E-state index contributed by atoms with van der Waals surface area (Å²) < 4.78 is 11.4. The van der Waals surface area contributed by atoms with Crippen molar-refractivity contribution in [2.24, 2.45) is 5.92 Å². The summed E-state index contributed by atoms with van der Waals surface area (Å²) in [6, 6.07) is 10.7. The lowest BCUT2D eigenvalue weighted by Crippen LogP contribution is -2.33. The van der Waals surface area contributed by atoms with Crippen molar-refractivity contribution in [3.05, 3.63) is 57.9 Å². The number of ether oxygens (including phenoxy) is 1. The van der Waals surface area contributed by atoms with Gasteiger partial charge in [-0.2, -0.15) is 0 Å². The highest BCUT2D eigenvalue weighted by atomic mass is 16.5. The van der Waals surface area contributed by atoms with Crippen LogP contribution in [-0.2, 0) is 6.54 Å². The molecule has 0 spiro atoms. The summed E-state index contributed by atoms with van der Waals surface area (Å²) in [5, 5.41) is 11.0. The molecule has 2 aromatic carbocycles. The van der Waals surface area contributed by atoms with Gasteiger partial charge in [0, 0.05) is 13.1 Å². The molecule has 0 bridgehead atoms. The molecule has 0 unspecified atom stereocenters. The SMILES string of the molecule is COc1ccc(-c2c(C)oc3c(CN4CCC[C@@H](C)C4)c(O)ccc3c2=O)cc1. The van der Waals surface area contributed by atoms with Gasteiger partial charge in [0.05, 0.1) is 23.6 Å². The summed E-state index contributed by atoms with van der Waals surface area (Å²) in [5.41, 5.74) is 2.44. The Morgan fingerprint density at radius 3 is 2.66 bits per heavy atom. The van der Waals surface area contributed by atoms with Crippen LogP contribution in [0.2, 0.25) is 0 Å². The van der Waals surface area contributed by atoms with Crippen molar-refractivity contribution in [3.8, 4) is 22.6 Å². The van der Waals surface area contributed by atoms with Crippen LogP contribution < -0.4 is 10.2 Å². The molecule has 0 saturated carbocycles. The van der Waals surface area contributed by atoms with E-state index in [9.17, 15) is 9.90 Å². The fourth-order valence-corrected chi connectivity index (χ4v) is 4.31. The van der Waals surface area contributed by atoms with E-state index in [0.717, 1.165) is 30.8 Å². The van der Waals surface area contributed by atoms with Gasteiger partial charge in [0.25, 0.3) is 0 Å². The first-order chi connectivity index (χ1) is 14.0. The minimum Gasteiger partial charge on any atom is -0.507 e. The molecule has 0 radical (unpaired) electrons. The van der Waals surface area contributed by atoms with Crippen LogP contribution in [0.15, 0.2) is 45.6 Å². The van der Waals surface area contributed by atoms with E-state index in [4.69, 9.17) is 9.15 Å². The quantitative estimate of drug-likeness (QED) is 0.695. The molecule has 4 rings (SSSR count). The highest BCUT2D eigenvalue weighted by molar-refractivity contribution is 5.86. The third kappa shape index (κ3) is 3.75. The van der Waals surface area contributed by atoms with Crippen molar-refractivity contribution in [2.45, 2.75) is 33.2 Å². The number of phenolic OH excluding ortho intramolecular Hbond substituents is 1. The predicted octanol–water partition coefficient (Wildman–Crippen LogP) is 4.71.